The topological polar surface area (TPSA) is 35.8 Å². The Balaban J connectivity index is 3.37. The van der Waals surface area contributed by atoms with E-state index in [1.165, 1.54) is 0 Å². The summed E-state index contributed by atoms with van der Waals surface area (Å²) in [5.41, 5.74) is -0.209. The van der Waals surface area contributed by atoms with Gasteiger partial charge in [-0.05, 0) is 33.2 Å². The lowest BCUT2D eigenvalue weighted by atomic mass is 9.90. The minimum absolute atomic E-state index is 0.209. The van der Waals surface area contributed by atoms with Gasteiger partial charge in [-0.2, -0.15) is 5.26 Å². The molecular weight excluding hydrogens is 184 g/mol. The molecule has 0 amide bonds. The lowest BCUT2D eigenvalue weighted by Gasteiger charge is -2.14. The average Bonchev–Trinajstić information content (AvgIpc) is 2.03. The third-order valence-corrected chi connectivity index (χ3v) is 1.91. The molecule has 0 aliphatic rings. The number of hydrogen-bond donors (Lipinski definition) is 1. The first-order chi connectivity index (χ1) is 5.98. The van der Waals surface area contributed by atoms with Crippen molar-refractivity contribution in [1.29, 1.82) is 5.26 Å². The van der Waals surface area contributed by atoms with E-state index in [4.69, 9.17) is 16.9 Å². The highest BCUT2D eigenvalue weighted by Crippen LogP contribution is 2.19. The van der Waals surface area contributed by atoms with Crippen molar-refractivity contribution in [3.63, 3.8) is 0 Å². The molecule has 0 heterocycles. The van der Waals surface area contributed by atoms with E-state index in [9.17, 15) is 0 Å². The fourth-order valence-corrected chi connectivity index (χ4v) is 1.03. The fourth-order valence-electron chi connectivity index (χ4n) is 0.935. The molecule has 1 N–H and O–H groups in total. The SMILES string of the molecule is C=C(Cl)CNCCCC(C)(C)C#N. The zero-order chi connectivity index (χ0) is 10.3. The molecular formula is C10H17ClN2. The molecule has 0 spiro atoms. The van der Waals surface area contributed by atoms with Crippen molar-refractivity contribution in [2.24, 2.45) is 5.41 Å². The molecule has 13 heavy (non-hydrogen) atoms. The third-order valence-electron chi connectivity index (χ3n) is 1.77. The standard InChI is InChI=1S/C10H17ClN2/c1-9(11)7-13-6-4-5-10(2,3)8-12/h13H,1,4-7H2,2-3H3. The fraction of sp³-hybridized carbons (Fsp3) is 0.700. The van der Waals surface area contributed by atoms with Crippen LogP contribution in [-0.4, -0.2) is 13.1 Å². The maximum absolute atomic E-state index is 8.73. The Bertz CT molecular complexity index is 203. The molecule has 0 saturated carbocycles. The molecule has 0 aromatic rings. The van der Waals surface area contributed by atoms with Gasteiger partial charge in [-0.25, -0.2) is 0 Å². The normalized spacial score (nSPS) is 10.9. The van der Waals surface area contributed by atoms with Crippen LogP contribution in [0.5, 0.6) is 0 Å². The van der Waals surface area contributed by atoms with Crippen molar-refractivity contribution in [3.8, 4) is 6.07 Å². The van der Waals surface area contributed by atoms with Crippen molar-refractivity contribution in [2.45, 2.75) is 26.7 Å². The minimum Gasteiger partial charge on any atom is -0.312 e. The lowest BCUT2D eigenvalue weighted by molar-refractivity contribution is 0.428. The highest BCUT2D eigenvalue weighted by atomic mass is 35.5. The summed E-state index contributed by atoms with van der Waals surface area (Å²) >= 11 is 5.56. The Hall–Kier alpha value is -0.520. The first-order valence-electron chi connectivity index (χ1n) is 4.43. The first-order valence-corrected chi connectivity index (χ1v) is 4.81. The van der Waals surface area contributed by atoms with Gasteiger partial charge in [0.25, 0.3) is 0 Å². The molecule has 74 valence electrons. The van der Waals surface area contributed by atoms with Gasteiger partial charge < -0.3 is 5.32 Å². The van der Waals surface area contributed by atoms with E-state index >= 15 is 0 Å². The lowest BCUT2D eigenvalue weighted by Crippen LogP contribution is -2.19. The van der Waals surface area contributed by atoms with Crippen molar-refractivity contribution < 1.29 is 0 Å². The van der Waals surface area contributed by atoms with E-state index in [0.717, 1.165) is 19.4 Å². The second kappa shape index (κ2) is 6.01. The molecule has 0 atom stereocenters. The van der Waals surface area contributed by atoms with E-state index in [1.54, 1.807) is 0 Å². The zero-order valence-corrected chi connectivity index (χ0v) is 9.12. The zero-order valence-electron chi connectivity index (χ0n) is 8.36. The quantitative estimate of drug-likeness (QED) is 0.670. The van der Waals surface area contributed by atoms with Gasteiger partial charge in [0.1, 0.15) is 0 Å². The molecule has 0 rings (SSSR count). The largest absolute Gasteiger partial charge is 0.312 e. The van der Waals surface area contributed by atoms with Crippen LogP contribution in [0.3, 0.4) is 0 Å². The van der Waals surface area contributed by atoms with E-state index in [2.05, 4.69) is 18.0 Å². The summed E-state index contributed by atoms with van der Waals surface area (Å²) in [7, 11) is 0. The molecule has 0 unspecified atom stereocenters. The molecule has 0 saturated heterocycles. The van der Waals surface area contributed by atoms with Gasteiger partial charge in [-0.1, -0.05) is 18.2 Å². The third kappa shape index (κ3) is 7.83. The molecule has 0 bridgehead atoms. The van der Waals surface area contributed by atoms with E-state index in [1.807, 2.05) is 13.8 Å². The van der Waals surface area contributed by atoms with Crippen LogP contribution in [0.4, 0.5) is 0 Å². The summed E-state index contributed by atoms with van der Waals surface area (Å²) < 4.78 is 0. The molecule has 0 aromatic heterocycles. The molecule has 0 aliphatic heterocycles. The van der Waals surface area contributed by atoms with Gasteiger partial charge in [0, 0.05) is 11.6 Å². The Labute approximate surface area is 85.6 Å². The maximum atomic E-state index is 8.73. The van der Waals surface area contributed by atoms with Crippen LogP contribution in [0.15, 0.2) is 11.6 Å². The Morgan fingerprint density at radius 2 is 2.23 bits per heavy atom. The number of nitrogens with one attached hydrogen (secondary N) is 1. The second-order valence-corrected chi connectivity index (χ2v) is 4.33. The number of rotatable bonds is 6. The summed E-state index contributed by atoms with van der Waals surface area (Å²) in [6, 6.07) is 2.27. The van der Waals surface area contributed by atoms with Crippen molar-refractivity contribution in [2.75, 3.05) is 13.1 Å². The summed E-state index contributed by atoms with van der Waals surface area (Å²) in [5.74, 6) is 0. The van der Waals surface area contributed by atoms with Crippen LogP contribution in [0.25, 0.3) is 0 Å². The van der Waals surface area contributed by atoms with E-state index < -0.39 is 0 Å². The van der Waals surface area contributed by atoms with Gasteiger partial charge in [-0.15, -0.1) is 0 Å². The van der Waals surface area contributed by atoms with Crippen LogP contribution >= 0.6 is 11.6 Å². The molecule has 0 aliphatic carbocycles. The van der Waals surface area contributed by atoms with Gasteiger partial charge in [-0.3, -0.25) is 0 Å². The van der Waals surface area contributed by atoms with Crippen LogP contribution in [0, 0.1) is 16.7 Å². The first kappa shape index (κ1) is 12.5. The maximum Gasteiger partial charge on any atom is 0.0683 e. The molecule has 0 fully saturated rings. The van der Waals surface area contributed by atoms with E-state index in [0.29, 0.717) is 11.6 Å². The van der Waals surface area contributed by atoms with Gasteiger partial charge >= 0.3 is 0 Å². The Morgan fingerprint density at radius 3 is 2.69 bits per heavy atom. The van der Waals surface area contributed by atoms with Crippen LogP contribution in [0.1, 0.15) is 26.7 Å². The second-order valence-electron chi connectivity index (χ2n) is 3.79. The average molecular weight is 201 g/mol. The number of nitrogens with zero attached hydrogens (tertiary/aromatic N) is 1. The van der Waals surface area contributed by atoms with Crippen LogP contribution < -0.4 is 5.32 Å². The highest BCUT2D eigenvalue weighted by Gasteiger charge is 2.14. The molecule has 2 nitrogen and oxygen atoms in total. The molecule has 0 aromatic carbocycles. The van der Waals surface area contributed by atoms with Crippen molar-refractivity contribution >= 4 is 11.6 Å². The summed E-state index contributed by atoms with van der Waals surface area (Å²) in [4.78, 5) is 0. The van der Waals surface area contributed by atoms with Crippen molar-refractivity contribution in [3.05, 3.63) is 11.6 Å². The smallest absolute Gasteiger partial charge is 0.0683 e. The number of hydrogen-bond acceptors (Lipinski definition) is 2. The number of halogens is 1. The van der Waals surface area contributed by atoms with Gasteiger partial charge in [0.05, 0.1) is 11.5 Å². The predicted octanol–water partition coefficient (Wildman–Crippen LogP) is 2.66. The Kier molecular flexibility index (Phi) is 5.77. The van der Waals surface area contributed by atoms with Crippen LogP contribution in [-0.2, 0) is 0 Å². The predicted molar refractivity (Wildman–Crippen MR) is 56.5 cm³/mol. The number of nitriles is 1. The van der Waals surface area contributed by atoms with Gasteiger partial charge in [0.15, 0.2) is 0 Å². The van der Waals surface area contributed by atoms with Gasteiger partial charge in [0.2, 0.25) is 0 Å². The van der Waals surface area contributed by atoms with Crippen LogP contribution in [0.2, 0.25) is 0 Å². The Morgan fingerprint density at radius 1 is 1.62 bits per heavy atom. The molecule has 0 radical (unpaired) electrons. The van der Waals surface area contributed by atoms with E-state index in [-0.39, 0.29) is 5.41 Å². The summed E-state index contributed by atoms with van der Waals surface area (Å²) in [6.45, 7) is 9.01. The monoisotopic (exact) mass is 200 g/mol. The highest BCUT2D eigenvalue weighted by molar-refractivity contribution is 6.29. The van der Waals surface area contributed by atoms with Crippen molar-refractivity contribution in [1.82, 2.24) is 5.32 Å². The summed E-state index contributed by atoms with van der Waals surface area (Å²) in [6.07, 6.45) is 1.90. The molecule has 3 heteroatoms. The summed E-state index contributed by atoms with van der Waals surface area (Å²) in [5, 5.41) is 12.5. The minimum atomic E-state index is -0.209.